The van der Waals surface area contributed by atoms with Gasteiger partial charge in [-0.15, -0.1) is 10.3 Å². The Labute approximate surface area is 214 Å². The van der Waals surface area contributed by atoms with Gasteiger partial charge in [-0.1, -0.05) is 52.9 Å². The Kier molecular flexibility index (Phi) is 8.51. The molecular formula is C28H41N2O6. The number of hydroxylamine groups is 2. The van der Waals surface area contributed by atoms with Crippen LogP contribution in [0.1, 0.15) is 110 Å². The van der Waals surface area contributed by atoms with Crippen molar-refractivity contribution in [3.8, 4) is 5.75 Å². The summed E-state index contributed by atoms with van der Waals surface area (Å²) in [7, 11) is 0. The van der Waals surface area contributed by atoms with E-state index in [2.05, 4.69) is 20.8 Å². The van der Waals surface area contributed by atoms with E-state index >= 15 is 0 Å². The fourth-order valence-electron chi connectivity index (χ4n) is 5.84. The van der Waals surface area contributed by atoms with Crippen molar-refractivity contribution in [1.82, 2.24) is 5.06 Å². The minimum atomic E-state index is -0.734. The van der Waals surface area contributed by atoms with Crippen LogP contribution in [-0.2, 0) is 9.94 Å². The first kappa shape index (κ1) is 28.1. The van der Waals surface area contributed by atoms with Gasteiger partial charge < -0.3 is 9.47 Å². The zero-order valence-electron chi connectivity index (χ0n) is 22.6. The molecule has 3 rings (SSSR count). The molecule has 1 fully saturated rings. The minimum Gasteiger partial charge on any atom is -0.487 e. The van der Waals surface area contributed by atoms with Crippen molar-refractivity contribution >= 4 is 11.7 Å². The largest absolute Gasteiger partial charge is 0.487 e. The number of hydrogen-bond donors (Lipinski definition) is 0. The number of fused-ring (bicyclic) bond motifs is 1. The van der Waals surface area contributed by atoms with E-state index in [4.69, 9.17) is 9.47 Å². The van der Waals surface area contributed by atoms with E-state index in [0.717, 1.165) is 29.9 Å². The van der Waals surface area contributed by atoms with Crippen LogP contribution in [-0.4, -0.2) is 33.6 Å². The van der Waals surface area contributed by atoms with Gasteiger partial charge in [-0.3, -0.25) is 10.1 Å². The molecule has 36 heavy (non-hydrogen) atoms. The highest BCUT2D eigenvalue weighted by molar-refractivity contribution is 5.91. The predicted molar refractivity (Wildman–Crippen MR) is 137 cm³/mol. The molecule has 0 spiro atoms. The molecule has 0 bridgehead atoms. The standard InChI is InChI=1S/C28H41N2O6/c1-7-8-9-10-11-12-15-35-23-16-20(13-14-22(23)29(32)33)25(31)36-24-18-26(2,3)19-28(6)21(24)17-27(4,5)30(28)34/h13-14,16H,7-12,15,17-19H2,1-6H3. The van der Waals surface area contributed by atoms with Gasteiger partial charge >= 0.3 is 11.7 Å². The lowest BCUT2D eigenvalue weighted by molar-refractivity contribution is -0.385. The summed E-state index contributed by atoms with van der Waals surface area (Å²) in [5, 5.41) is 25.9. The molecule has 1 radical (unpaired) electrons. The van der Waals surface area contributed by atoms with E-state index in [0.29, 0.717) is 31.6 Å². The van der Waals surface area contributed by atoms with E-state index in [1.807, 2.05) is 20.8 Å². The van der Waals surface area contributed by atoms with Gasteiger partial charge in [0.1, 0.15) is 5.76 Å². The molecule has 0 N–H and O–H groups in total. The number of nitrogens with zero attached hydrogens (tertiary/aromatic N) is 2. The van der Waals surface area contributed by atoms with Gasteiger partial charge in [-0.25, -0.2) is 4.79 Å². The number of nitro benzene ring substituents is 1. The predicted octanol–water partition coefficient (Wildman–Crippen LogP) is 7.15. The molecule has 1 saturated heterocycles. The third-order valence-electron chi connectivity index (χ3n) is 7.42. The van der Waals surface area contributed by atoms with Crippen LogP contribution in [0.25, 0.3) is 0 Å². The summed E-state index contributed by atoms with van der Waals surface area (Å²) in [5.74, 6) is 0.0132. The Balaban J connectivity index is 1.79. The molecule has 1 aliphatic heterocycles. The maximum Gasteiger partial charge on any atom is 0.343 e. The number of benzene rings is 1. The Morgan fingerprint density at radius 1 is 1.06 bits per heavy atom. The zero-order chi connectivity index (χ0) is 26.7. The molecule has 1 aromatic carbocycles. The normalized spacial score (nSPS) is 22.9. The fourth-order valence-corrected chi connectivity index (χ4v) is 5.84. The van der Waals surface area contributed by atoms with Crippen molar-refractivity contribution in [3.63, 3.8) is 0 Å². The minimum absolute atomic E-state index is 0.0715. The number of nitro groups is 1. The average Bonchev–Trinajstić information content (AvgIpc) is 2.97. The molecule has 0 amide bonds. The lowest BCUT2D eigenvalue weighted by atomic mass is 9.68. The van der Waals surface area contributed by atoms with Gasteiger partial charge in [0.15, 0.2) is 5.75 Å². The van der Waals surface area contributed by atoms with Crippen LogP contribution in [0.4, 0.5) is 5.69 Å². The number of unbranched alkanes of at least 4 members (excludes halogenated alkanes) is 5. The first-order valence-corrected chi connectivity index (χ1v) is 13.1. The lowest BCUT2D eigenvalue weighted by Gasteiger charge is -2.44. The lowest BCUT2D eigenvalue weighted by Crippen LogP contribution is -2.50. The summed E-state index contributed by atoms with van der Waals surface area (Å²) in [5.41, 5.74) is -0.665. The SMILES string of the molecule is CCCCCCCCOc1cc(C(=O)OC2=C3CC(C)(C)N([O])C3(C)CC(C)(C)C2)ccc1[N+](=O)[O-]. The Morgan fingerprint density at radius 2 is 1.72 bits per heavy atom. The molecule has 1 heterocycles. The quantitative estimate of drug-likeness (QED) is 0.138. The summed E-state index contributed by atoms with van der Waals surface area (Å²) in [4.78, 5) is 24.2. The second-order valence-electron chi connectivity index (χ2n) is 11.9. The van der Waals surface area contributed by atoms with E-state index in [1.165, 1.54) is 37.5 Å². The second kappa shape index (κ2) is 10.9. The van der Waals surface area contributed by atoms with Crippen LogP contribution in [0.3, 0.4) is 0 Å². The van der Waals surface area contributed by atoms with Crippen LogP contribution in [0.2, 0.25) is 0 Å². The van der Waals surface area contributed by atoms with Crippen molar-refractivity contribution < 1.29 is 24.4 Å². The molecule has 0 saturated carbocycles. The number of carbonyl (C=O) groups is 1. The zero-order valence-corrected chi connectivity index (χ0v) is 22.6. The van der Waals surface area contributed by atoms with E-state index in [9.17, 15) is 20.1 Å². The van der Waals surface area contributed by atoms with Crippen LogP contribution < -0.4 is 4.74 Å². The van der Waals surface area contributed by atoms with Crippen LogP contribution in [0.15, 0.2) is 29.5 Å². The summed E-state index contributed by atoms with van der Waals surface area (Å²) >= 11 is 0. The number of rotatable bonds is 11. The van der Waals surface area contributed by atoms with Crippen LogP contribution >= 0.6 is 0 Å². The van der Waals surface area contributed by atoms with Crippen LogP contribution in [0.5, 0.6) is 5.75 Å². The third-order valence-corrected chi connectivity index (χ3v) is 7.42. The first-order valence-electron chi connectivity index (χ1n) is 13.1. The van der Waals surface area contributed by atoms with Crippen molar-refractivity contribution in [2.75, 3.05) is 6.61 Å². The maximum absolute atomic E-state index is 13.2. The number of carbonyl (C=O) groups excluding carboxylic acids is 1. The molecule has 1 aliphatic carbocycles. The smallest absolute Gasteiger partial charge is 0.343 e. The van der Waals surface area contributed by atoms with E-state index in [1.54, 1.807) is 0 Å². The molecule has 199 valence electrons. The monoisotopic (exact) mass is 501 g/mol. The highest BCUT2D eigenvalue weighted by atomic mass is 16.6. The molecule has 8 nitrogen and oxygen atoms in total. The highest BCUT2D eigenvalue weighted by Gasteiger charge is 2.57. The second-order valence-corrected chi connectivity index (χ2v) is 11.9. The van der Waals surface area contributed by atoms with Gasteiger partial charge in [0.05, 0.1) is 22.6 Å². The van der Waals surface area contributed by atoms with Crippen LogP contribution in [0, 0.1) is 15.5 Å². The topological polar surface area (TPSA) is 102 Å². The van der Waals surface area contributed by atoms with Crippen molar-refractivity contribution in [2.24, 2.45) is 5.41 Å². The fraction of sp³-hybridized carbons (Fsp3) is 0.679. The highest BCUT2D eigenvalue weighted by Crippen LogP contribution is 2.55. The molecular weight excluding hydrogens is 460 g/mol. The van der Waals surface area contributed by atoms with Crippen molar-refractivity contribution in [2.45, 2.75) is 110 Å². The van der Waals surface area contributed by atoms with Gasteiger partial charge in [0.25, 0.3) is 0 Å². The summed E-state index contributed by atoms with van der Waals surface area (Å²) in [6.45, 7) is 12.4. The summed E-state index contributed by atoms with van der Waals surface area (Å²) in [6, 6.07) is 4.08. The molecule has 1 atom stereocenters. The summed E-state index contributed by atoms with van der Waals surface area (Å²) < 4.78 is 11.7. The Morgan fingerprint density at radius 3 is 2.39 bits per heavy atom. The molecule has 8 heteroatoms. The third kappa shape index (κ3) is 6.09. The van der Waals surface area contributed by atoms with Crippen molar-refractivity contribution in [3.05, 3.63) is 45.2 Å². The Hall–Kier alpha value is -2.45. The van der Waals surface area contributed by atoms with Crippen molar-refractivity contribution in [1.29, 1.82) is 0 Å². The first-order chi connectivity index (χ1) is 16.8. The maximum atomic E-state index is 13.2. The molecule has 2 aliphatic rings. The molecule has 1 aromatic rings. The van der Waals surface area contributed by atoms with Gasteiger partial charge in [-0.05, 0) is 57.1 Å². The van der Waals surface area contributed by atoms with Gasteiger partial charge in [-0.2, -0.15) is 0 Å². The number of ether oxygens (including phenoxy) is 2. The summed E-state index contributed by atoms with van der Waals surface area (Å²) in [6.07, 6.45) is 8.19. The molecule has 0 aromatic heterocycles. The van der Waals surface area contributed by atoms with Gasteiger partial charge in [0.2, 0.25) is 0 Å². The average molecular weight is 502 g/mol. The number of allylic oxidation sites excluding steroid dienone is 1. The number of esters is 1. The number of hydrogen-bond acceptors (Lipinski definition) is 6. The van der Waals surface area contributed by atoms with E-state index in [-0.39, 0.29) is 22.4 Å². The van der Waals surface area contributed by atoms with Gasteiger partial charge in [0, 0.05) is 24.1 Å². The Bertz CT molecular complexity index is 1020. The molecule has 1 unspecified atom stereocenters. The van der Waals surface area contributed by atoms with E-state index < -0.39 is 22.0 Å².